The Morgan fingerprint density at radius 2 is 1.74 bits per heavy atom. The molecular weight excluding hydrogens is 380 g/mol. The van der Waals surface area contributed by atoms with Crippen molar-refractivity contribution in [1.29, 1.82) is 0 Å². The van der Waals surface area contributed by atoms with E-state index in [1.807, 2.05) is 49.4 Å². The lowest BCUT2D eigenvalue weighted by Gasteiger charge is -2.28. The second kappa shape index (κ2) is 9.80. The predicted octanol–water partition coefficient (Wildman–Crippen LogP) is 3.31. The largest absolute Gasteiger partial charge is 0.353 e. The summed E-state index contributed by atoms with van der Waals surface area (Å²) in [5.74, 6) is 0.403. The summed E-state index contributed by atoms with van der Waals surface area (Å²) in [6.07, 6.45) is 1.99. The monoisotopic (exact) mass is 406 g/mol. The summed E-state index contributed by atoms with van der Waals surface area (Å²) >= 11 is 1.64. The predicted molar refractivity (Wildman–Crippen MR) is 113 cm³/mol. The fourth-order valence-electron chi connectivity index (χ4n) is 2.69. The molecule has 2 aromatic rings. The Morgan fingerprint density at radius 3 is 2.30 bits per heavy atom. The lowest BCUT2D eigenvalue weighted by atomic mass is 10.1. The standard InChI is InChI=1S/C20H26N2O3S2/c1-4-17-10-12-18(13-11-17)22(27(3,24)25)16(2)20(23)21-14-15-26-19-8-6-5-7-9-19/h5-13,16H,4,14-15H2,1-3H3,(H,21,23)/t16-/m1/s1. The van der Waals surface area contributed by atoms with Crippen LogP contribution in [0.3, 0.4) is 0 Å². The third-order valence-electron chi connectivity index (χ3n) is 4.10. The molecule has 0 saturated carbocycles. The van der Waals surface area contributed by atoms with Gasteiger partial charge in [0.15, 0.2) is 0 Å². The summed E-state index contributed by atoms with van der Waals surface area (Å²) in [4.78, 5) is 13.6. The summed E-state index contributed by atoms with van der Waals surface area (Å²) in [5, 5.41) is 2.83. The van der Waals surface area contributed by atoms with Gasteiger partial charge in [-0.2, -0.15) is 0 Å². The Bertz CT molecular complexity index is 837. The van der Waals surface area contributed by atoms with Crippen LogP contribution >= 0.6 is 11.8 Å². The van der Waals surface area contributed by atoms with E-state index in [1.165, 1.54) is 4.31 Å². The van der Waals surface area contributed by atoms with Crippen LogP contribution in [0.25, 0.3) is 0 Å². The smallest absolute Gasteiger partial charge is 0.243 e. The average Bonchev–Trinajstić information content (AvgIpc) is 2.65. The topological polar surface area (TPSA) is 66.5 Å². The maximum atomic E-state index is 12.5. The van der Waals surface area contributed by atoms with Gasteiger partial charge in [-0.1, -0.05) is 37.3 Å². The maximum Gasteiger partial charge on any atom is 0.243 e. The van der Waals surface area contributed by atoms with Crippen molar-refractivity contribution in [3.63, 3.8) is 0 Å². The van der Waals surface area contributed by atoms with Gasteiger partial charge >= 0.3 is 0 Å². The molecule has 0 unspecified atom stereocenters. The Balaban J connectivity index is 1.99. The minimum atomic E-state index is -3.59. The van der Waals surface area contributed by atoms with Crippen molar-refractivity contribution in [2.45, 2.75) is 31.2 Å². The SMILES string of the molecule is CCc1ccc(N([C@H](C)C(=O)NCCSc2ccccc2)S(C)(=O)=O)cc1. The summed E-state index contributed by atoms with van der Waals surface area (Å²) in [6, 6.07) is 16.4. The van der Waals surface area contributed by atoms with Gasteiger partial charge in [-0.15, -0.1) is 11.8 Å². The van der Waals surface area contributed by atoms with Gasteiger partial charge in [0.2, 0.25) is 15.9 Å². The lowest BCUT2D eigenvalue weighted by Crippen LogP contribution is -2.48. The van der Waals surface area contributed by atoms with E-state index in [4.69, 9.17) is 0 Å². The highest BCUT2D eigenvalue weighted by atomic mass is 32.2. The zero-order valence-electron chi connectivity index (χ0n) is 15.9. The minimum absolute atomic E-state index is 0.311. The third kappa shape index (κ3) is 6.29. The van der Waals surface area contributed by atoms with Gasteiger partial charge in [0, 0.05) is 17.2 Å². The van der Waals surface area contributed by atoms with Crippen molar-refractivity contribution < 1.29 is 13.2 Å². The van der Waals surface area contributed by atoms with Crippen LogP contribution in [0.5, 0.6) is 0 Å². The van der Waals surface area contributed by atoms with E-state index < -0.39 is 16.1 Å². The van der Waals surface area contributed by atoms with Crippen LogP contribution in [0.15, 0.2) is 59.5 Å². The van der Waals surface area contributed by atoms with Crippen LogP contribution in [0.2, 0.25) is 0 Å². The molecule has 0 aliphatic heterocycles. The molecule has 0 fully saturated rings. The van der Waals surface area contributed by atoms with Gasteiger partial charge in [-0.3, -0.25) is 9.10 Å². The molecule has 2 aromatic carbocycles. The molecule has 0 saturated heterocycles. The number of sulfonamides is 1. The van der Waals surface area contributed by atoms with Gasteiger partial charge in [-0.05, 0) is 43.2 Å². The quantitative estimate of drug-likeness (QED) is 0.512. The van der Waals surface area contributed by atoms with Gasteiger partial charge in [0.05, 0.1) is 11.9 Å². The summed E-state index contributed by atoms with van der Waals surface area (Å²) in [7, 11) is -3.59. The number of nitrogens with zero attached hydrogens (tertiary/aromatic N) is 1. The van der Waals surface area contributed by atoms with Gasteiger partial charge in [-0.25, -0.2) is 8.42 Å². The number of hydrogen-bond acceptors (Lipinski definition) is 4. The van der Waals surface area contributed by atoms with Gasteiger partial charge in [0.25, 0.3) is 0 Å². The fraction of sp³-hybridized carbons (Fsp3) is 0.350. The Labute approximate surface area is 166 Å². The van der Waals surface area contributed by atoms with Crippen LogP contribution in [0, 0.1) is 0 Å². The second-order valence-corrected chi connectivity index (χ2v) is 9.24. The lowest BCUT2D eigenvalue weighted by molar-refractivity contribution is -0.121. The summed E-state index contributed by atoms with van der Waals surface area (Å²) in [6.45, 7) is 4.11. The first-order chi connectivity index (χ1) is 12.8. The van der Waals surface area contributed by atoms with E-state index >= 15 is 0 Å². The number of amides is 1. The first-order valence-corrected chi connectivity index (χ1v) is 11.7. The number of aryl methyl sites for hydroxylation is 1. The number of thioether (sulfide) groups is 1. The number of anilines is 1. The molecule has 2 rings (SSSR count). The number of hydrogen-bond donors (Lipinski definition) is 1. The maximum absolute atomic E-state index is 12.5. The van der Waals surface area contributed by atoms with Crippen LogP contribution < -0.4 is 9.62 Å². The molecular formula is C20H26N2O3S2. The Kier molecular flexibility index (Phi) is 7.74. The molecule has 0 heterocycles. The Hall–Kier alpha value is -1.99. The minimum Gasteiger partial charge on any atom is -0.353 e. The molecule has 27 heavy (non-hydrogen) atoms. The van der Waals surface area contributed by atoms with Crippen LogP contribution in [-0.4, -0.2) is 38.9 Å². The zero-order valence-corrected chi connectivity index (χ0v) is 17.5. The van der Waals surface area contributed by atoms with E-state index in [9.17, 15) is 13.2 Å². The highest BCUT2D eigenvalue weighted by molar-refractivity contribution is 7.99. The van der Waals surface area contributed by atoms with Crippen molar-refractivity contribution in [2.75, 3.05) is 22.9 Å². The summed E-state index contributed by atoms with van der Waals surface area (Å²) in [5.41, 5.74) is 1.61. The number of carbonyl (C=O) groups excluding carboxylic acids is 1. The molecule has 1 atom stereocenters. The van der Waals surface area contributed by atoms with E-state index in [1.54, 1.807) is 30.8 Å². The van der Waals surface area contributed by atoms with E-state index in [0.29, 0.717) is 18.0 Å². The third-order valence-corrected chi connectivity index (χ3v) is 6.36. The number of carbonyl (C=O) groups is 1. The van der Waals surface area contributed by atoms with E-state index in [2.05, 4.69) is 5.32 Å². The molecule has 0 aromatic heterocycles. The van der Waals surface area contributed by atoms with Crippen molar-refractivity contribution in [3.05, 3.63) is 60.2 Å². The first kappa shape index (κ1) is 21.3. The average molecular weight is 407 g/mol. The molecule has 0 aliphatic rings. The highest BCUT2D eigenvalue weighted by Gasteiger charge is 2.28. The van der Waals surface area contributed by atoms with Crippen LogP contribution in [0.4, 0.5) is 5.69 Å². The molecule has 0 radical (unpaired) electrons. The normalized spacial score (nSPS) is 12.4. The van der Waals surface area contributed by atoms with Gasteiger partial charge in [0.1, 0.15) is 6.04 Å². The molecule has 7 heteroatoms. The zero-order chi connectivity index (χ0) is 19.9. The molecule has 5 nitrogen and oxygen atoms in total. The highest BCUT2D eigenvalue weighted by Crippen LogP contribution is 2.22. The molecule has 1 N–H and O–H groups in total. The van der Waals surface area contributed by atoms with Crippen molar-refractivity contribution in [3.8, 4) is 0 Å². The molecule has 0 aliphatic carbocycles. The van der Waals surface area contributed by atoms with Crippen molar-refractivity contribution in [1.82, 2.24) is 5.32 Å². The van der Waals surface area contributed by atoms with Crippen LogP contribution in [0.1, 0.15) is 19.4 Å². The van der Waals surface area contributed by atoms with Crippen molar-refractivity contribution >= 4 is 33.4 Å². The number of benzene rings is 2. The molecule has 146 valence electrons. The van der Waals surface area contributed by atoms with E-state index in [-0.39, 0.29) is 5.91 Å². The van der Waals surface area contributed by atoms with Gasteiger partial charge < -0.3 is 5.32 Å². The molecule has 0 spiro atoms. The van der Waals surface area contributed by atoms with E-state index in [0.717, 1.165) is 23.1 Å². The molecule has 0 bridgehead atoms. The fourth-order valence-corrected chi connectivity index (χ4v) is 4.66. The van der Waals surface area contributed by atoms with Crippen molar-refractivity contribution in [2.24, 2.45) is 0 Å². The molecule has 1 amide bonds. The second-order valence-electron chi connectivity index (χ2n) is 6.21. The number of rotatable bonds is 9. The summed E-state index contributed by atoms with van der Waals surface area (Å²) < 4.78 is 25.8. The Morgan fingerprint density at radius 1 is 1.11 bits per heavy atom. The van der Waals surface area contributed by atoms with Crippen LogP contribution in [-0.2, 0) is 21.2 Å². The first-order valence-electron chi connectivity index (χ1n) is 8.87. The number of nitrogens with one attached hydrogen (secondary N) is 1.